The van der Waals surface area contributed by atoms with Crippen LogP contribution in [0.15, 0.2) is 78.9 Å². The number of aryl methyl sites for hydroxylation is 1. The van der Waals surface area contributed by atoms with Gasteiger partial charge in [-0.25, -0.2) is 0 Å². The van der Waals surface area contributed by atoms with E-state index in [1.165, 1.54) is 5.56 Å². The van der Waals surface area contributed by atoms with Crippen molar-refractivity contribution >= 4 is 11.9 Å². The standard InChI is InChI=1S/C26H26O4.Y/c1-2-18-8-10-19(11-9-18)16-23(25(27)28)24(26(29)30)17-20-12-14-22(15-13-20)21-6-4-3-5-7-21;/h3-15,23-24H,2,16-17H2,1H3,(H,27,28)(H,29,30);/t23-,24-;/m0./s1. The van der Waals surface area contributed by atoms with Crippen LogP contribution in [0, 0.1) is 11.8 Å². The summed E-state index contributed by atoms with van der Waals surface area (Å²) < 4.78 is 0. The maximum absolute atomic E-state index is 12.0. The van der Waals surface area contributed by atoms with Crippen LogP contribution < -0.4 is 0 Å². The average molecular weight is 491 g/mol. The molecule has 4 nitrogen and oxygen atoms in total. The number of benzene rings is 3. The summed E-state index contributed by atoms with van der Waals surface area (Å²) >= 11 is 0. The van der Waals surface area contributed by atoms with Gasteiger partial charge in [0.05, 0.1) is 11.8 Å². The van der Waals surface area contributed by atoms with Crippen molar-refractivity contribution in [2.24, 2.45) is 11.8 Å². The topological polar surface area (TPSA) is 74.6 Å². The zero-order chi connectivity index (χ0) is 21.5. The second-order valence-corrected chi connectivity index (χ2v) is 7.53. The molecule has 2 N–H and O–H groups in total. The Kier molecular flexibility index (Phi) is 9.60. The maximum Gasteiger partial charge on any atom is 0.307 e. The van der Waals surface area contributed by atoms with E-state index in [0.717, 1.165) is 28.7 Å². The molecule has 157 valence electrons. The Labute approximate surface area is 208 Å². The Balaban J connectivity index is 0.00000341. The third-order valence-electron chi connectivity index (χ3n) is 5.52. The van der Waals surface area contributed by atoms with E-state index < -0.39 is 23.8 Å². The van der Waals surface area contributed by atoms with Crippen LogP contribution in [0.1, 0.15) is 23.6 Å². The summed E-state index contributed by atoms with van der Waals surface area (Å²) in [7, 11) is 0. The third kappa shape index (κ3) is 6.85. The van der Waals surface area contributed by atoms with Gasteiger partial charge in [0.1, 0.15) is 0 Å². The molecule has 0 bridgehead atoms. The molecule has 0 heterocycles. The molecule has 0 aliphatic rings. The number of carbonyl (C=O) groups is 2. The van der Waals surface area contributed by atoms with Crippen LogP contribution in [0.4, 0.5) is 0 Å². The first kappa shape index (κ1) is 25.0. The molecule has 31 heavy (non-hydrogen) atoms. The minimum absolute atomic E-state index is 0. The summed E-state index contributed by atoms with van der Waals surface area (Å²) in [5, 5.41) is 19.5. The van der Waals surface area contributed by atoms with E-state index in [-0.39, 0.29) is 45.6 Å². The van der Waals surface area contributed by atoms with Crippen LogP contribution in [0.3, 0.4) is 0 Å². The second-order valence-electron chi connectivity index (χ2n) is 7.53. The summed E-state index contributed by atoms with van der Waals surface area (Å²) in [5.74, 6) is -4.16. The van der Waals surface area contributed by atoms with E-state index >= 15 is 0 Å². The SMILES string of the molecule is CCc1ccc(C[C@H](C(=O)O)[C@H](Cc2ccc(-c3ccccc3)cc2)C(=O)O)cc1.[Y]. The van der Waals surface area contributed by atoms with Crippen LogP contribution in [-0.4, -0.2) is 22.2 Å². The predicted molar refractivity (Wildman–Crippen MR) is 117 cm³/mol. The number of carboxylic acids is 2. The van der Waals surface area contributed by atoms with Crippen LogP contribution in [0.5, 0.6) is 0 Å². The average Bonchev–Trinajstić information content (AvgIpc) is 2.77. The van der Waals surface area contributed by atoms with Gasteiger partial charge in [-0.1, -0.05) is 85.8 Å². The van der Waals surface area contributed by atoms with Gasteiger partial charge >= 0.3 is 11.9 Å². The van der Waals surface area contributed by atoms with Gasteiger partial charge in [-0.3, -0.25) is 9.59 Å². The summed E-state index contributed by atoms with van der Waals surface area (Å²) in [6.45, 7) is 2.05. The van der Waals surface area contributed by atoms with Gasteiger partial charge in [0, 0.05) is 32.7 Å². The molecule has 5 heteroatoms. The molecule has 0 unspecified atom stereocenters. The zero-order valence-corrected chi connectivity index (χ0v) is 20.4. The van der Waals surface area contributed by atoms with Crippen LogP contribution >= 0.6 is 0 Å². The Morgan fingerprint density at radius 1 is 0.645 bits per heavy atom. The van der Waals surface area contributed by atoms with Crippen molar-refractivity contribution < 1.29 is 52.5 Å². The fourth-order valence-corrected chi connectivity index (χ4v) is 3.69. The van der Waals surface area contributed by atoms with Gasteiger partial charge in [-0.05, 0) is 47.1 Å². The number of rotatable bonds is 9. The second kappa shape index (κ2) is 11.9. The first-order valence-electron chi connectivity index (χ1n) is 10.2. The molecule has 3 aromatic carbocycles. The molecular formula is C26H26O4Y. The fraction of sp³-hybridized carbons (Fsp3) is 0.231. The molecule has 0 aromatic heterocycles. The summed E-state index contributed by atoms with van der Waals surface area (Å²) in [5.41, 5.74) is 4.94. The first-order valence-corrected chi connectivity index (χ1v) is 10.2. The van der Waals surface area contributed by atoms with E-state index in [2.05, 4.69) is 6.92 Å². The summed E-state index contributed by atoms with van der Waals surface area (Å²) in [6.07, 6.45) is 1.27. The number of aliphatic carboxylic acids is 2. The van der Waals surface area contributed by atoms with E-state index in [4.69, 9.17) is 0 Å². The van der Waals surface area contributed by atoms with Gasteiger partial charge < -0.3 is 10.2 Å². The monoisotopic (exact) mass is 491 g/mol. The molecular weight excluding hydrogens is 465 g/mol. The fourth-order valence-electron chi connectivity index (χ4n) is 3.69. The van der Waals surface area contributed by atoms with Crippen LogP contribution in [-0.2, 0) is 61.6 Å². The van der Waals surface area contributed by atoms with Crippen molar-refractivity contribution in [1.82, 2.24) is 0 Å². The summed E-state index contributed by atoms with van der Waals surface area (Å²) in [6, 6.07) is 25.3. The van der Waals surface area contributed by atoms with Crippen molar-refractivity contribution in [1.29, 1.82) is 0 Å². The molecule has 0 fully saturated rings. The predicted octanol–water partition coefficient (Wildman–Crippen LogP) is 5.10. The molecule has 0 aliphatic carbocycles. The Morgan fingerprint density at radius 2 is 1.03 bits per heavy atom. The van der Waals surface area contributed by atoms with Crippen molar-refractivity contribution in [3.63, 3.8) is 0 Å². The van der Waals surface area contributed by atoms with Gasteiger partial charge in [0.25, 0.3) is 0 Å². The first-order chi connectivity index (χ1) is 14.5. The number of carboxylic acid groups (broad SMARTS) is 2. The molecule has 0 aliphatic heterocycles. The van der Waals surface area contributed by atoms with E-state index in [9.17, 15) is 19.8 Å². The maximum atomic E-state index is 12.0. The van der Waals surface area contributed by atoms with Crippen molar-refractivity contribution in [3.05, 3.63) is 95.6 Å². The molecule has 0 spiro atoms. The summed E-state index contributed by atoms with van der Waals surface area (Å²) in [4.78, 5) is 23.9. The van der Waals surface area contributed by atoms with Crippen LogP contribution in [0.25, 0.3) is 11.1 Å². The largest absolute Gasteiger partial charge is 0.481 e. The zero-order valence-electron chi connectivity index (χ0n) is 17.6. The van der Waals surface area contributed by atoms with E-state index in [1.54, 1.807) is 0 Å². The molecule has 1 radical (unpaired) electrons. The van der Waals surface area contributed by atoms with E-state index in [1.807, 2.05) is 78.9 Å². The van der Waals surface area contributed by atoms with Crippen molar-refractivity contribution in [3.8, 4) is 11.1 Å². The smallest absolute Gasteiger partial charge is 0.307 e. The molecule has 0 saturated carbocycles. The van der Waals surface area contributed by atoms with Crippen molar-refractivity contribution in [2.45, 2.75) is 26.2 Å². The Bertz CT molecular complexity index is 982. The minimum atomic E-state index is -1.08. The van der Waals surface area contributed by atoms with Gasteiger partial charge in [-0.2, -0.15) is 0 Å². The van der Waals surface area contributed by atoms with Gasteiger partial charge in [-0.15, -0.1) is 0 Å². The third-order valence-corrected chi connectivity index (χ3v) is 5.52. The van der Waals surface area contributed by atoms with Gasteiger partial charge in [0.15, 0.2) is 0 Å². The molecule has 3 rings (SSSR count). The molecule has 3 aromatic rings. The Hall–Kier alpha value is -2.30. The van der Waals surface area contributed by atoms with Gasteiger partial charge in [0.2, 0.25) is 0 Å². The number of hydrogen-bond acceptors (Lipinski definition) is 2. The Morgan fingerprint density at radius 3 is 1.45 bits per heavy atom. The van der Waals surface area contributed by atoms with Crippen LogP contribution in [0.2, 0.25) is 0 Å². The quantitative estimate of drug-likeness (QED) is 0.437. The normalized spacial score (nSPS) is 12.4. The molecule has 2 atom stereocenters. The minimum Gasteiger partial charge on any atom is -0.481 e. The molecule has 0 amide bonds. The number of hydrogen-bond donors (Lipinski definition) is 2. The molecule has 0 saturated heterocycles. The van der Waals surface area contributed by atoms with E-state index in [0.29, 0.717) is 0 Å². The van der Waals surface area contributed by atoms with Crippen molar-refractivity contribution in [2.75, 3.05) is 0 Å².